The first-order valence-electron chi connectivity index (χ1n) is 7.20. The Morgan fingerprint density at radius 3 is 2.50 bits per heavy atom. The molecule has 0 aliphatic heterocycles. The number of nitrogens with two attached hydrogens (primary N) is 1. The molecule has 0 aromatic heterocycles. The van der Waals surface area contributed by atoms with Gasteiger partial charge >= 0.3 is 0 Å². The van der Waals surface area contributed by atoms with Crippen LogP contribution in [0, 0.1) is 16.7 Å². The number of rotatable bonds is 5. The highest BCUT2D eigenvalue weighted by Gasteiger charge is 2.44. The van der Waals surface area contributed by atoms with Crippen LogP contribution >= 0.6 is 12.2 Å². The van der Waals surface area contributed by atoms with Crippen molar-refractivity contribution in [3.05, 3.63) is 0 Å². The first-order valence-corrected chi connectivity index (χ1v) is 7.61. The maximum atomic E-state index is 6.20. The number of hydrogen-bond acceptors (Lipinski definition) is 2. The van der Waals surface area contributed by atoms with Crippen LogP contribution in [0.3, 0.4) is 0 Å². The highest BCUT2D eigenvalue weighted by molar-refractivity contribution is 7.80. The molecule has 2 rings (SSSR count). The molecular formula is C15H27NOS. The Morgan fingerprint density at radius 2 is 2.00 bits per heavy atom. The zero-order chi connectivity index (χ0) is 13.4. The van der Waals surface area contributed by atoms with Gasteiger partial charge in [-0.2, -0.15) is 0 Å². The van der Waals surface area contributed by atoms with Crippen molar-refractivity contribution in [2.24, 2.45) is 22.5 Å². The van der Waals surface area contributed by atoms with Gasteiger partial charge in [-0.15, -0.1) is 0 Å². The summed E-state index contributed by atoms with van der Waals surface area (Å²) in [6.07, 6.45) is 7.51. The van der Waals surface area contributed by atoms with E-state index in [9.17, 15) is 0 Å². The molecule has 0 aromatic rings. The lowest BCUT2D eigenvalue weighted by atomic mass is 9.71. The van der Waals surface area contributed by atoms with Gasteiger partial charge in [0.15, 0.2) is 0 Å². The summed E-state index contributed by atoms with van der Waals surface area (Å²) in [6, 6.07) is 0. The number of thiocarbonyl (C=S) groups is 1. The Bertz CT molecular complexity index is 322. The van der Waals surface area contributed by atoms with Gasteiger partial charge in [0.25, 0.3) is 0 Å². The predicted octanol–water partition coefficient (Wildman–Crippen LogP) is 3.67. The van der Waals surface area contributed by atoms with Crippen LogP contribution in [0.15, 0.2) is 0 Å². The molecule has 0 spiro atoms. The van der Waals surface area contributed by atoms with Crippen LogP contribution in [-0.2, 0) is 4.74 Å². The molecule has 0 bridgehead atoms. The van der Waals surface area contributed by atoms with Crippen LogP contribution in [0.25, 0.3) is 0 Å². The third kappa shape index (κ3) is 3.92. The first kappa shape index (κ1) is 14.3. The SMILES string of the molecule is CC1CC(OCC2(CC(N)=S)CC2)CC(C)(C)C1. The first-order chi connectivity index (χ1) is 8.30. The van der Waals surface area contributed by atoms with Crippen molar-refractivity contribution < 1.29 is 4.74 Å². The smallest absolute Gasteiger partial charge is 0.0733 e. The topological polar surface area (TPSA) is 35.2 Å². The van der Waals surface area contributed by atoms with E-state index in [2.05, 4.69) is 20.8 Å². The molecule has 2 aliphatic rings. The molecule has 0 radical (unpaired) electrons. The van der Waals surface area contributed by atoms with E-state index in [0.29, 0.717) is 21.9 Å². The Morgan fingerprint density at radius 1 is 1.33 bits per heavy atom. The maximum absolute atomic E-state index is 6.20. The van der Waals surface area contributed by atoms with Crippen LogP contribution in [0.1, 0.15) is 59.3 Å². The van der Waals surface area contributed by atoms with Gasteiger partial charge in [-0.25, -0.2) is 0 Å². The number of ether oxygens (including phenoxy) is 1. The van der Waals surface area contributed by atoms with E-state index < -0.39 is 0 Å². The molecule has 2 nitrogen and oxygen atoms in total. The van der Waals surface area contributed by atoms with E-state index in [4.69, 9.17) is 22.7 Å². The quantitative estimate of drug-likeness (QED) is 0.773. The molecule has 0 amide bonds. The molecule has 2 fully saturated rings. The Kier molecular flexibility index (Phi) is 4.03. The summed E-state index contributed by atoms with van der Waals surface area (Å²) in [7, 11) is 0. The predicted molar refractivity (Wildman–Crippen MR) is 79.6 cm³/mol. The van der Waals surface area contributed by atoms with Gasteiger partial charge in [0.1, 0.15) is 0 Å². The third-order valence-corrected chi connectivity index (χ3v) is 4.62. The van der Waals surface area contributed by atoms with Gasteiger partial charge in [-0.05, 0) is 43.4 Å². The standard InChI is InChI=1S/C15H27NOS/c1-11-6-12(8-14(2,3)7-11)17-10-15(4-5-15)9-13(16)18/h11-12H,4-10H2,1-3H3,(H2,16,18). The van der Waals surface area contributed by atoms with Crippen LogP contribution in [0.5, 0.6) is 0 Å². The van der Waals surface area contributed by atoms with Crippen molar-refractivity contribution in [2.45, 2.75) is 65.4 Å². The van der Waals surface area contributed by atoms with Crippen LogP contribution < -0.4 is 5.73 Å². The molecule has 0 saturated heterocycles. The summed E-state index contributed by atoms with van der Waals surface area (Å²) >= 11 is 5.03. The third-order valence-electron chi connectivity index (χ3n) is 4.48. The van der Waals surface area contributed by atoms with Gasteiger partial charge < -0.3 is 10.5 Å². The van der Waals surface area contributed by atoms with Crippen LogP contribution in [0.4, 0.5) is 0 Å². The van der Waals surface area contributed by atoms with E-state index >= 15 is 0 Å². The zero-order valence-corrected chi connectivity index (χ0v) is 12.8. The summed E-state index contributed by atoms with van der Waals surface area (Å²) in [5.41, 5.74) is 6.40. The highest BCUT2D eigenvalue weighted by Crippen LogP contribution is 2.50. The van der Waals surface area contributed by atoms with Gasteiger partial charge in [-0.3, -0.25) is 0 Å². The Hall–Kier alpha value is -0.150. The summed E-state index contributed by atoms with van der Waals surface area (Å²) in [5.74, 6) is 0.782. The molecule has 0 aromatic carbocycles. The molecule has 3 heteroatoms. The summed E-state index contributed by atoms with van der Waals surface area (Å²) < 4.78 is 6.20. The molecule has 2 saturated carbocycles. The molecule has 2 atom stereocenters. The van der Waals surface area contributed by atoms with E-state index in [0.717, 1.165) is 18.9 Å². The average Bonchev–Trinajstić information content (AvgIpc) is 2.91. The van der Waals surface area contributed by atoms with Crippen LogP contribution in [-0.4, -0.2) is 17.7 Å². The van der Waals surface area contributed by atoms with Gasteiger partial charge in [-0.1, -0.05) is 33.0 Å². The van der Waals surface area contributed by atoms with E-state index in [1.807, 2.05) is 0 Å². The zero-order valence-electron chi connectivity index (χ0n) is 12.0. The van der Waals surface area contributed by atoms with E-state index in [1.54, 1.807) is 0 Å². The molecule has 0 heterocycles. The lowest BCUT2D eigenvalue weighted by Gasteiger charge is -2.39. The van der Waals surface area contributed by atoms with Crippen molar-refractivity contribution >= 4 is 17.2 Å². The molecule has 2 N–H and O–H groups in total. The highest BCUT2D eigenvalue weighted by atomic mass is 32.1. The normalized spacial score (nSPS) is 33.1. The number of hydrogen-bond donors (Lipinski definition) is 1. The average molecular weight is 269 g/mol. The van der Waals surface area contributed by atoms with Crippen molar-refractivity contribution in [1.82, 2.24) is 0 Å². The largest absolute Gasteiger partial charge is 0.393 e. The fourth-order valence-corrected chi connectivity index (χ4v) is 3.90. The second-order valence-corrected chi connectivity index (χ2v) is 8.01. The van der Waals surface area contributed by atoms with Crippen LogP contribution in [0.2, 0.25) is 0 Å². The van der Waals surface area contributed by atoms with Crippen molar-refractivity contribution in [3.63, 3.8) is 0 Å². The molecule has 104 valence electrons. The molecular weight excluding hydrogens is 242 g/mol. The lowest BCUT2D eigenvalue weighted by molar-refractivity contribution is -0.0395. The molecule has 2 aliphatic carbocycles. The van der Waals surface area contributed by atoms with E-state index in [1.165, 1.54) is 32.1 Å². The fraction of sp³-hybridized carbons (Fsp3) is 0.933. The van der Waals surface area contributed by atoms with Crippen molar-refractivity contribution in [2.75, 3.05) is 6.61 Å². The summed E-state index contributed by atoms with van der Waals surface area (Å²) in [5, 5.41) is 0. The maximum Gasteiger partial charge on any atom is 0.0733 e. The second-order valence-electron chi connectivity index (χ2n) is 7.49. The monoisotopic (exact) mass is 269 g/mol. The lowest BCUT2D eigenvalue weighted by Crippen LogP contribution is -2.34. The minimum Gasteiger partial charge on any atom is -0.393 e. The molecule has 2 unspecified atom stereocenters. The Balaban J connectivity index is 1.81. The minimum absolute atomic E-state index is 0.302. The van der Waals surface area contributed by atoms with Crippen molar-refractivity contribution in [3.8, 4) is 0 Å². The second kappa shape index (κ2) is 5.09. The van der Waals surface area contributed by atoms with Gasteiger partial charge in [0.2, 0.25) is 0 Å². The fourth-order valence-electron chi connectivity index (χ4n) is 3.60. The van der Waals surface area contributed by atoms with Gasteiger partial charge in [0, 0.05) is 11.8 Å². The van der Waals surface area contributed by atoms with Gasteiger partial charge in [0.05, 0.1) is 17.7 Å². The summed E-state index contributed by atoms with van der Waals surface area (Å²) in [6.45, 7) is 7.93. The minimum atomic E-state index is 0.302. The van der Waals surface area contributed by atoms with E-state index in [-0.39, 0.29) is 0 Å². The Labute approximate surface area is 117 Å². The summed E-state index contributed by atoms with van der Waals surface area (Å²) in [4.78, 5) is 0.647. The molecule has 18 heavy (non-hydrogen) atoms. The van der Waals surface area contributed by atoms with Crippen molar-refractivity contribution in [1.29, 1.82) is 0 Å².